The zero-order chi connectivity index (χ0) is 18.2. The van der Waals surface area contributed by atoms with Gasteiger partial charge in [0.1, 0.15) is 0 Å². The Morgan fingerprint density at radius 3 is 2.40 bits per heavy atom. The van der Waals surface area contributed by atoms with Crippen LogP contribution in [0.5, 0.6) is 0 Å². The second kappa shape index (κ2) is 6.67. The van der Waals surface area contributed by atoms with Crippen LogP contribution >= 0.6 is 0 Å². The van der Waals surface area contributed by atoms with Crippen LogP contribution in [0, 0.1) is 12.3 Å². The largest absolute Gasteiger partial charge is 0.312 e. The summed E-state index contributed by atoms with van der Waals surface area (Å²) in [5, 5.41) is 0. The minimum atomic E-state index is 0.146. The highest BCUT2D eigenvalue weighted by molar-refractivity contribution is 5.94. The Kier molecular flexibility index (Phi) is 4.73. The van der Waals surface area contributed by atoms with Crippen LogP contribution in [0.4, 0.5) is 5.69 Å². The van der Waals surface area contributed by atoms with Gasteiger partial charge in [0.2, 0.25) is 5.91 Å². The van der Waals surface area contributed by atoms with E-state index in [0.717, 1.165) is 25.1 Å². The molecule has 1 atom stereocenters. The quantitative estimate of drug-likeness (QED) is 0.712. The van der Waals surface area contributed by atoms with E-state index in [1.807, 2.05) is 4.90 Å². The maximum Gasteiger partial charge on any atom is 0.223 e. The molecular formula is C23H29NO. The lowest BCUT2D eigenvalue weighted by atomic mass is 9.71. The molecule has 0 radical (unpaired) electrons. The van der Waals surface area contributed by atoms with Crippen LogP contribution in [0.2, 0.25) is 0 Å². The van der Waals surface area contributed by atoms with Gasteiger partial charge in [0.15, 0.2) is 0 Å². The van der Waals surface area contributed by atoms with Gasteiger partial charge in [-0.3, -0.25) is 4.79 Å². The third-order valence-electron chi connectivity index (χ3n) is 5.35. The number of amides is 1. The van der Waals surface area contributed by atoms with Gasteiger partial charge in [-0.05, 0) is 53.4 Å². The lowest BCUT2D eigenvalue weighted by molar-refractivity contribution is -0.116. The van der Waals surface area contributed by atoms with Gasteiger partial charge < -0.3 is 4.90 Å². The third-order valence-corrected chi connectivity index (χ3v) is 5.35. The molecule has 0 bridgehead atoms. The van der Waals surface area contributed by atoms with Gasteiger partial charge in [0, 0.05) is 13.5 Å². The minimum absolute atomic E-state index is 0.146. The number of benzene rings is 2. The summed E-state index contributed by atoms with van der Waals surface area (Å²) in [5.41, 5.74) is 6.56. The Labute approximate surface area is 151 Å². The molecule has 2 aromatic rings. The van der Waals surface area contributed by atoms with Crippen LogP contribution in [0.15, 0.2) is 42.5 Å². The van der Waals surface area contributed by atoms with E-state index in [1.54, 1.807) is 6.92 Å². The first-order valence-corrected chi connectivity index (χ1v) is 9.23. The first kappa shape index (κ1) is 17.7. The van der Waals surface area contributed by atoms with Crippen LogP contribution < -0.4 is 4.90 Å². The summed E-state index contributed by atoms with van der Waals surface area (Å²) in [6.45, 7) is 11.6. The molecule has 1 heterocycles. The molecule has 1 aliphatic heterocycles. The second-order valence-electron chi connectivity index (χ2n) is 8.39. The van der Waals surface area contributed by atoms with Crippen molar-refractivity contribution in [2.24, 2.45) is 5.41 Å². The highest BCUT2D eigenvalue weighted by Gasteiger charge is 2.35. The molecule has 25 heavy (non-hydrogen) atoms. The van der Waals surface area contributed by atoms with Gasteiger partial charge in [-0.15, -0.1) is 0 Å². The number of hydrogen-bond acceptors (Lipinski definition) is 1. The van der Waals surface area contributed by atoms with Crippen molar-refractivity contribution in [3.8, 4) is 0 Å². The van der Waals surface area contributed by atoms with E-state index >= 15 is 0 Å². The fourth-order valence-electron chi connectivity index (χ4n) is 4.19. The topological polar surface area (TPSA) is 20.3 Å². The fourth-order valence-corrected chi connectivity index (χ4v) is 4.19. The lowest BCUT2D eigenvalue weighted by Crippen LogP contribution is -2.38. The van der Waals surface area contributed by atoms with Crippen molar-refractivity contribution in [2.75, 3.05) is 11.4 Å². The molecule has 132 valence electrons. The van der Waals surface area contributed by atoms with Crippen molar-refractivity contribution in [1.29, 1.82) is 0 Å². The Hall–Kier alpha value is -2.09. The molecule has 2 nitrogen and oxygen atoms in total. The summed E-state index contributed by atoms with van der Waals surface area (Å²) in [7, 11) is 0. The Morgan fingerprint density at radius 1 is 1.12 bits per heavy atom. The standard InChI is InChI=1S/C23H29NO/c1-16-13-19(14-18-9-7-6-8-10-18)15-20-21(23(3,4)5)11-12-24(17(2)25)22(16)20/h6-10,13,15,21H,11-12,14H2,1-5H3. The average molecular weight is 335 g/mol. The van der Waals surface area contributed by atoms with Crippen molar-refractivity contribution in [3.63, 3.8) is 0 Å². The molecule has 2 heteroatoms. The molecule has 0 saturated heterocycles. The van der Waals surface area contributed by atoms with E-state index in [0.29, 0.717) is 5.92 Å². The molecule has 0 saturated carbocycles. The van der Waals surface area contributed by atoms with Crippen molar-refractivity contribution < 1.29 is 4.79 Å². The van der Waals surface area contributed by atoms with E-state index in [2.05, 4.69) is 70.2 Å². The highest BCUT2D eigenvalue weighted by atomic mass is 16.2. The summed E-state index contributed by atoms with van der Waals surface area (Å²) in [6, 6.07) is 15.2. The van der Waals surface area contributed by atoms with Gasteiger partial charge in [-0.1, -0.05) is 63.2 Å². The van der Waals surface area contributed by atoms with Gasteiger partial charge in [-0.2, -0.15) is 0 Å². The summed E-state index contributed by atoms with van der Waals surface area (Å²) in [4.78, 5) is 14.1. The molecule has 0 aliphatic carbocycles. The predicted molar refractivity (Wildman–Crippen MR) is 105 cm³/mol. The highest BCUT2D eigenvalue weighted by Crippen LogP contribution is 2.47. The summed E-state index contributed by atoms with van der Waals surface area (Å²) in [5.74, 6) is 0.625. The molecule has 0 spiro atoms. The molecule has 1 amide bonds. The molecule has 1 aliphatic rings. The molecule has 1 unspecified atom stereocenters. The number of fused-ring (bicyclic) bond motifs is 1. The van der Waals surface area contributed by atoms with Gasteiger partial charge in [0.05, 0.1) is 5.69 Å². The molecule has 0 aromatic heterocycles. The van der Waals surface area contributed by atoms with Crippen molar-refractivity contribution in [2.45, 2.75) is 53.4 Å². The number of carbonyl (C=O) groups is 1. The zero-order valence-corrected chi connectivity index (χ0v) is 16.1. The number of rotatable bonds is 2. The van der Waals surface area contributed by atoms with Gasteiger partial charge in [0.25, 0.3) is 0 Å². The van der Waals surface area contributed by atoms with Crippen LogP contribution in [-0.4, -0.2) is 12.5 Å². The Morgan fingerprint density at radius 2 is 1.80 bits per heavy atom. The third kappa shape index (κ3) is 3.63. The molecule has 2 aromatic carbocycles. The van der Waals surface area contributed by atoms with E-state index < -0.39 is 0 Å². The van der Waals surface area contributed by atoms with Crippen LogP contribution in [-0.2, 0) is 11.2 Å². The predicted octanol–water partition coefficient (Wildman–Crippen LogP) is 5.47. The number of hydrogen-bond donors (Lipinski definition) is 0. The lowest BCUT2D eigenvalue weighted by Gasteiger charge is -2.41. The molecule has 0 N–H and O–H groups in total. The number of nitrogens with zero attached hydrogens (tertiary/aromatic N) is 1. The SMILES string of the molecule is CC(=O)N1CCC(C(C)(C)C)c2cc(Cc3ccccc3)cc(C)c21. The summed E-state index contributed by atoms with van der Waals surface area (Å²) < 4.78 is 0. The van der Waals surface area contributed by atoms with Crippen molar-refractivity contribution in [3.05, 3.63) is 64.7 Å². The van der Waals surface area contributed by atoms with E-state index in [-0.39, 0.29) is 11.3 Å². The maximum absolute atomic E-state index is 12.2. The first-order valence-electron chi connectivity index (χ1n) is 9.23. The van der Waals surface area contributed by atoms with E-state index in [4.69, 9.17) is 0 Å². The minimum Gasteiger partial charge on any atom is -0.312 e. The summed E-state index contributed by atoms with van der Waals surface area (Å²) >= 11 is 0. The van der Waals surface area contributed by atoms with Gasteiger partial charge >= 0.3 is 0 Å². The van der Waals surface area contributed by atoms with Crippen LogP contribution in [0.1, 0.15) is 62.3 Å². The van der Waals surface area contributed by atoms with E-state index in [9.17, 15) is 4.79 Å². The Balaban J connectivity index is 2.09. The van der Waals surface area contributed by atoms with Gasteiger partial charge in [-0.25, -0.2) is 0 Å². The van der Waals surface area contributed by atoms with Crippen molar-refractivity contribution in [1.82, 2.24) is 0 Å². The Bertz CT molecular complexity index is 771. The molecule has 0 fully saturated rings. The zero-order valence-electron chi connectivity index (χ0n) is 16.1. The number of anilines is 1. The average Bonchev–Trinajstić information content (AvgIpc) is 2.53. The van der Waals surface area contributed by atoms with Crippen LogP contribution in [0.3, 0.4) is 0 Å². The fraction of sp³-hybridized carbons (Fsp3) is 0.435. The normalized spacial score (nSPS) is 17.3. The second-order valence-corrected chi connectivity index (χ2v) is 8.39. The number of carbonyl (C=O) groups excluding carboxylic acids is 1. The van der Waals surface area contributed by atoms with Crippen molar-refractivity contribution >= 4 is 11.6 Å². The number of aryl methyl sites for hydroxylation is 1. The maximum atomic E-state index is 12.2. The first-order chi connectivity index (χ1) is 11.8. The smallest absolute Gasteiger partial charge is 0.223 e. The molecule has 3 rings (SSSR count). The van der Waals surface area contributed by atoms with E-state index in [1.165, 1.54) is 22.3 Å². The summed E-state index contributed by atoms with van der Waals surface area (Å²) in [6.07, 6.45) is 1.97. The van der Waals surface area contributed by atoms with Crippen LogP contribution in [0.25, 0.3) is 0 Å². The monoisotopic (exact) mass is 335 g/mol. The molecular weight excluding hydrogens is 306 g/mol.